The first-order valence-electron chi connectivity index (χ1n) is 19.0. The molecule has 0 radical (unpaired) electrons. The standard InChI is InChI=1S/C44H34N8O10S2/c1-62-39-24-36(51-49-33-9-3-6-29-7-4-10-38(53)41(29)33)35(45-43-46-40(47-44(55)48-43)22-25-12-16-30(17-13-25)63(56,57)58)23-37(39)52-50-34-18-15-28-14-11-27(21-32(28)42(34)54)19-26-5-2-8-31(20-26)64(59,60)61/h2-18,20-21,23-24,53-54H,19,22H2,1H3,(H,56,57,58)(H,59,60,61)(H2,45,46,47,48,55). The highest BCUT2D eigenvalue weighted by Crippen LogP contribution is 2.43. The molecule has 0 saturated heterocycles. The Morgan fingerprint density at radius 2 is 1.23 bits per heavy atom. The zero-order valence-corrected chi connectivity index (χ0v) is 34.9. The molecule has 0 fully saturated rings. The van der Waals surface area contributed by atoms with Crippen molar-refractivity contribution in [2.24, 2.45) is 20.5 Å². The van der Waals surface area contributed by atoms with E-state index in [0.717, 1.165) is 10.9 Å². The normalized spacial score (nSPS) is 12.1. The van der Waals surface area contributed by atoms with Crippen LogP contribution in [0.4, 0.5) is 34.4 Å². The number of phenolic OH excluding ortho intramolecular Hbond substituents is 2. The van der Waals surface area contributed by atoms with E-state index in [4.69, 9.17) is 4.74 Å². The third-order valence-corrected chi connectivity index (χ3v) is 11.5. The first-order valence-corrected chi connectivity index (χ1v) is 21.8. The number of hydrogen-bond acceptors (Lipinski definition) is 16. The Balaban J connectivity index is 1.15. The van der Waals surface area contributed by atoms with Crippen LogP contribution in [0.5, 0.6) is 23.3 Å². The number of rotatable bonds is 13. The predicted molar refractivity (Wildman–Crippen MR) is 235 cm³/mol. The summed E-state index contributed by atoms with van der Waals surface area (Å²) in [6, 6.07) is 32.7. The second kappa shape index (κ2) is 17.5. The molecule has 1 aromatic heterocycles. The van der Waals surface area contributed by atoms with Gasteiger partial charge in [-0.3, -0.25) is 9.11 Å². The maximum Gasteiger partial charge on any atom is 0.318 e. The monoisotopic (exact) mass is 898 g/mol. The lowest BCUT2D eigenvalue weighted by Crippen LogP contribution is -2.04. The lowest BCUT2D eigenvalue weighted by Gasteiger charge is -2.12. The van der Waals surface area contributed by atoms with Gasteiger partial charge in [-0.25, -0.2) is 0 Å². The van der Waals surface area contributed by atoms with Gasteiger partial charge in [-0.1, -0.05) is 66.7 Å². The van der Waals surface area contributed by atoms with Crippen LogP contribution in [0.1, 0.15) is 22.5 Å². The Hall–Kier alpha value is -7.91. The first-order chi connectivity index (χ1) is 30.6. The third-order valence-electron chi connectivity index (χ3n) is 9.83. The molecule has 0 atom stereocenters. The molecule has 0 amide bonds. The summed E-state index contributed by atoms with van der Waals surface area (Å²) in [6.07, 6.45) is 0.334. The van der Waals surface area contributed by atoms with Gasteiger partial charge in [-0.05, 0) is 88.5 Å². The molecular formula is C44H34N8O10S2. The Morgan fingerprint density at radius 3 is 1.98 bits per heavy atom. The Morgan fingerprint density at radius 1 is 0.578 bits per heavy atom. The SMILES string of the molecule is COc1cc(N=Nc2cccc3cccc(O)c23)c(Nc2nc(O)nc(Cc3ccc(S(=O)(=O)O)cc3)n2)cc1N=Nc1ccc2ccc(Cc3cccc(S(=O)(=O)O)c3)cc2c1O. The molecule has 8 rings (SSSR count). The molecule has 0 unspecified atom stereocenters. The van der Waals surface area contributed by atoms with Gasteiger partial charge in [0, 0.05) is 17.9 Å². The summed E-state index contributed by atoms with van der Waals surface area (Å²) in [5, 5.41) is 55.7. The Labute approximate surface area is 364 Å². The van der Waals surface area contributed by atoms with Crippen LogP contribution in [0.3, 0.4) is 0 Å². The van der Waals surface area contributed by atoms with E-state index < -0.39 is 26.2 Å². The van der Waals surface area contributed by atoms with Gasteiger partial charge in [-0.2, -0.15) is 31.8 Å². The van der Waals surface area contributed by atoms with Gasteiger partial charge in [0.15, 0.2) is 5.75 Å². The second-order valence-electron chi connectivity index (χ2n) is 14.2. The molecule has 0 spiro atoms. The number of azo groups is 2. The molecule has 0 bridgehead atoms. The predicted octanol–water partition coefficient (Wildman–Crippen LogP) is 9.55. The average molecular weight is 899 g/mol. The average Bonchev–Trinajstić information content (AvgIpc) is 3.25. The van der Waals surface area contributed by atoms with Gasteiger partial charge in [0.2, 0.25) is 5.95 Å². The molecule has 20 heteroatoms. The van der Waals surface area contributed by atoms with Crippen molar-refractivity contribution in [2.75, 3.05) is 12.4 Å². The fourth-order valence-corrected chi connectivity index (χ4v) is 7.82. The Kier molecular flexibility index (Phi) is 11.7. The maximum atomic E-state index is 11.7. The van der Waals surface area contributed by atoms with Crippen LogP contribution in [0.15, 0.2) is 158 Å². The quantitative estimate of drug-likeness (QED) is 0.0464. The van der Waals surface area contributed by atoms with E-state index in [1.807, 2.05) is 18.2 Å². The first kappa shape index (κ1) is 42.8. The molecule has 0 aliphatic rings. The number of phenols is 2. The van der Waals surface area contributed by atoms with Crippen LogP contribution in [0, 0.1) is 0 Å². The van der Waals surface area contributed by atoms with Gasteiger partial charge in [0.05, 0.1) is 33.7 Å². The number of hydrogen-bond donors (Lipinski definition) is 6. The number of ether oxygens (including phenoxy) is 1. The Bertz CT molecular complexity index is 3400. The van der Waals surface area contributed by atoms with Crippen molar-refractivity contribution in [3.8, 4) is 23.3 Å². The van der Waals surface area contributed by atoms with Crippen LogP contribution in [0.25, 0.3) is 21.5 Å². The number of aromatic nitrogens is 3. The van der Waals surface area contributed by atoms with E-state index in [0.29, 0.717) is 39.4 Å². The van der Waals surface area contributed by atoms with Gasteiger partial charge < -0.3 is 25.4 Å². The summed E-state index contributed by atoms with van der Waals surface area (Å²) in [7, 11) is -7.40. The number of anilines is 2. The number of methoxy groups -OCH3 is 1. The van der Waals surface area contributed by atoms with Crippen molar-refractivity contribution in [3.05, 3.63) is 150 Å². The van der Waals surface area contributed by atoms with Crippen LogP contribution in [-0.4, -0.2) is 63.3 Å². The van der Waals surface area contributed by atoms with E-state index in [9.17, 15) is 41.3 Å². The van der Waals surface area contributed by atoms with Crippen molar-refractivity contribution in [1.82, 2.24) is 15.0 Å². The van der Waals surface area contributed by atoms with Crippen LogP contribution < -0.4 is 10.1 Å². The molecule has 6 N–H and O–H groups in total. The summed E-state index contributed by atoms with van der Waals surface area (Å²) in [5.41, 5.74) is 2.90. The lowest BCUT2D eigenvalue weighted by atomic mass is 10.0. The molecule has 322 valence electrons. The van der Waals surface area contributed by atoms with Crippen molar-refractivity contribution >= 4 is 76.2 Å². The molecule has 7 aromatic carbocycles. The van der Waals surface area contributed by atoms with Crippen LogP contribution in [-0.2, 0) is 33.1 Å². The fourth-order valence-electron chi connectivity index (χ4n) is 6.79. The summed E-state index contributed by atoms with van der Waals surface area (Å²) in [4.78, 5) is 12.0. The van der Waals surface area contributed by atoms with E-state index in [1.54, 1.807) is 48.5 Å². The molecule has 0 aliphatic heterocycles. The topological polar surface area (TPSA) is 279 Å². The molecule has 0 aliphatic carbocycles. The van der Waals surface area contributed by atoms with E-state index in [-0.39, 0.29) is 68.0 Å². The van der Waals surface area contributed by atoms with Gasteiger partial charge in [0.1, 0.15) is 34.4 Å². The minimum absolute atomic E-state index is 0.00168. The summed E-state index contributed by atoms with van der Waals surface area (Å²) in [6.45, 7) is 0. The van der Waals surface area contributed by atoms with E-state index in [2.05, 4.69) is 40.7 Å². The van der Waals surface area contributed by atoms with Gasteiger partial charge in [-0.15, -0.1) is 20.5 Å². The molecular weight excluding hydrogens is 865 g/mol. The van der Waals surface area contributed by atoms with Gasteiger partial charge in [0.25, 0.3) is 20.2 Å². The zero-order chi connectivity index (χ0) is 45.2. The highest BCUT2D eigenvalue weighted by Gasteiger charge is 2.17. The van der Waals surface area contributed by atoms with E-state index >= 15 is 0 Å². The van der Waals surface area contributed by atoms with Crippen molar-refractivity contribution in [1.29, 1.82) is 0 Å². The van der Waals surface area contributed by atoms with Gasteiger partial charge >= 0.3 is 6.01 Å². The molecule has 1 heterocycles. The number of aromatic hydroxyl groups is 3. The second-order valence-corrected chi connectivity index (χ2v) is 17.0. The molecule has 0 saturated carbocycles. The summed E-state index contributed by atoms with van der Waals surface area (Å²) >= 11 is 0. The third kappa shape index (κ3) is 9.59. The lowest BCUT2D eigenvalue weighted by molar-refractivity contribution is 0.416. The zero-order valence-electron chi connectivity index (χ0n) is 33.3. The fraction of sp³-hybridized carbons (Fsp3) is 0.0682. The highest BCUT2D eigenvalue weighted by atomic mass is 32.2. The number of nitrogens with one attached hydrogen (secondary N) is 1. The molecule has 8 aromatic rings. The number of benzene rings is 7. The highest BCUT2D eigenvalue weighted by molar-refractivity contribution is 7.86. The molecule has 64 heavy (non-hydrogen) atoms. The number of fused-ring (bicyclic) bond motifs is 2. The minimum Gasteiger partial charge on any atom is -0.507 e. The van der Waals surface area contributed by atoms with Crippen molar-refractivity contribution in [2.45, 2.75) is 22.6 Å². The summed E-state index contributed by atoms with van der Waals surface area (Å²) in [5.74, 6) is -0.0304. The van der Waals surface area contributed by atoms with Crippen LogP contribution >= 0.6 is 0 Å². The van der Waals surface area contributed by atoms with E-state index in [1.165, 1.54) is 67.8 Å². The van der Waals surface area contributed by atoms with Crippen molar-refractivity contribution in [3.63, 3.8) is 0 Å². The molecule has 18 nitrogen and oxygen atoms in total. The summed E-state index contributed by atoms with van der Waals surface area (Å²) < 4.78 is 71.0. The van der Waals surface area contributed by atoms with Crippen LogP contribution in [0.2, 0.25) is 0 Å². The van der Waals surface area contributed by atoms with Crippen molar-refractivity contribution < 1.29 is 46.0 Å². The maximum absolute atomic E-state index is 11.7. The number of nitrogens with zero attached hydrogens (tertiary/aromatic N) is 7. The minimum atomic E-state index is -4.41. The smallest absolute Gasteiger partial charge is 0.318 e. The largest absolute Gasteiger partial charge is 0.507 e.